The second kappa shape index (κ2) is 8.67. The molecule has 4 N–H and O–H groups in total. The lowest BCUT2D eigenvalue weighted by Crippen LogP contribution is -2.07. The van der Waals surface area contributed by atoms with Gasteiger partial charge in [-0.2, -0.15) is 0 Å². The molecule has 0 saturated heterocycles. The standard InChI is InChI=1S/C9H10O3.C6H6O2.C2H6/c10-6-4-8(11)7-2-1-3-12-9(7)5-6;7-5-3-1-2-4-6(5)8;1-2/h4-5,10-11H,1-3H2;1-4,7-8H;1-2H3. The summed E-state index contributed by atoms with van der Waals surface area (Å²) in [6, 6.07) is 9.02. The van der Waals surface area contributed by atoms with E-state index in [9.17, 15) is 5.11 Å². The van der Waals surface area contributed by atoms with E-state index in [2.05, 4.69) is 0 Å². The molecule has 0 radical (unpaired) electrons. The number of hydrogen-bond donors (Lipinski definition) is 4. The fourth-order valence-electron chi connectivity index (χ4n) is 1.89. The van der Waals surface area contributed by atoms with E-state index in [-0.39, 0.29) is 23.0 Å². The Hall–Kier alpha value is -2.56. The molecular formula is C17H22O5. The number of para-hydroxylation sites is 2. The first-order valence-electron chi connectivity index (χ1n) is 7.22. The fourth-order valence-corrected chi connectivity index (χ4v) is 1.89. The largest absolute Gasteiger partial charge is 0.508 e. The zero-order valence-corrected chi connectivity index (χ0v) is 12.8. The van der Waals surface area contributed by atoms with Crippen LogP contribution in [0.3, 0.4) is 0 Å². The number of benzene rings is 2. The van der Waals surface area contributed by atoms with Crippen LogP contribution in [0.25, 0.3) is 0 Å². The number of aromatic hydroxyl groups is 4. The molecule has 22 heavy (non-hydrogen) atoms. The molecule has 3 rings (SSSR count). The van der Waals surface area contributed by atoms with Gasteiger partial charge in [-0.25, -0.2) is 0 Å². The lowest BCUT2D eigenvalue weighted by atomic mass is 10.1. The van der Waals surface area contributed by atoms with E-state index in [4.69, 9.17) is 20.1 Å². The first-order valence-corrected chi connectivity index (χ1v) is 7.22. The van der Waals surface area contributed by atoms with Crippen LogP contribution in [0.15, 0.2) is 36.4 Å². The van der Waals surface area contributed by atoms with Gasteiger partial charge in [-0.05, 0) is 25.0 Å². The maximum atomic E-state index is 9.40. The quantitative estimate of drug-likeness (QED) is 0.559. The Balaban J connectivity index is 0.000000211. The highest BCUT2D eigenvalue weighted by Crippen LogP contribution is 2.35. The van der Waals surface area contributed by atoms with Crippen molar-refractivity contribution >= 4 is 0 Å². The van der Waals surface area contributed by atoms with E-state index in [1.165, 1.54) is 24.3 Å². The summed E-state index contributed by atoms with van der Waals surface area (Å²) in [5, 5.41) is 35.9. The molecule has 5 nitrogen and oxygen atoms in total. The fraction of sp³-hybridized carbons (Fsp3) is 0.294. The molecule has 0 aliphatic carbocycles. The lowest BCUT2D eigenvalue weighted by Gasteiger charge is -2.17. The van der Waals surface area contributed by atoms with Gasteiger partial charge in [0.1, 0.15) is 17.2 Å². The van der Waals surface area contributed by atoms with Crippen LogP contribution in [-0.2, 0) is 6.42 Å². The van der Waals surface area contributed by atoms with E-state index >= 15 is 0 Å². The zero-order valence-electron chi connectivity index (χ0n) is 12.8. The van der Waals surface area contributed by atoms with Crippen LogP contribution in [0, 0.1) is 0 Å². The predicted molar refractivity (Wildman–Crippen MR) is 84.7 cm³/mol. The average molecular weight is 306 g/mol. The molecule has 0 fully saturated rings. The third kappa shape index (κ3) is 4.77. The molecule has 1 aliphatic heterocycles. The number of hydrogen-bond acceptors (Lipinski definition) is 5. The molecule has 0 atom stereocenters. The Bertz CT molecular complexity index is 575. The van der Waals surface area contributed by atoms with E-state index in [1.54, 1.807) is 12.1 Å². The molecule has 0 saturated carbocycles. The maximum absolute atomic E-state index is 9.40. The minimum atomic E-state index is -0.0764. The Morgan fingerprint density at radius 3 is 2.00 bits per heavy atom. The number of phenols is 4. The first-order chi connectivity index (χ1) is 10.6. The summed E-state index contributed by atoms with van der Waals surface area (Å²) in [5.41, 5.74) is 0.805. The molecule has 2 aromatic rings. The summed E-state index contributed by atoms with van der Waals surface area (Å²) in [5.74, 6) is 0.636. The number of ether oxygens (including phenoxy) is 1. The van der Waals surface area contributed by atoms with Crippen molar-refractivity contribution in [3.05, 3.63) is 42.0 Å². The summed E-state index contributed by atoms with van der Waals surface area (Å²) < 4.78 is 5.27. The van der Waals surface area contributed by atoms with E-state index in [0.29, 0.717) is 12.4 Å². The van der Waals surface area contributed by atoms with Gasteiger partial charge in [0, 0.05) is 17.7 Å². The summed E-state index contributed by atoms with van der Waals surface area (Å²) in [7, 11) is 0. The van der Waals surface area contributed by atoms with Gasteiger partial charge < -0.3 is 25.2 Å². The molecular weight excluding hydrogens is 284 g/mol. The summed E-state index contributed by atoms with van der Waals surface area (Å²) >= 11 is 0. The molecule has 0 aromatic heterocycles. The second-order valence-electron chi connectivity index (χ2n) is 4.38. The van der Waals surface area contributed by atoms with E-state index < -0.39 is 0 Å². The van der Waals surface area contributed by atoms with E-state index in [1.807, 2.05) is 13.8 Å². The van der Waals surface area contributed by atoms with Crippen LogP contribution >= 0.6 is 0 Å². The van der Waals surface area contributed by atoms with Gasteiger partial charge in [-0.3, -0.25) is 0 Å². The monoisotopic (exact) mass is 306 g/mol. The highest BCUT2D eigenvalue weighted by molar-refractivity contribution is 5.50. The summed E-state index contributed by atoms with van der Waals surface area (Å²) in [6.07, 6.45) is 1.74. The van der Waals surface area contributed by atoms with Gasteiger partial charge in [0.2, 0.25) is 0 Å². The highest BCUT2D eigenvalue weighted by Gasteiger charge is 2.15. The zero-order chi connectivity index (χ0) is 16.5. The van der Waals surface area contributed by atoms with Crippen molar-refractivity contribution in [1.29, 1.82) is 0 Å². The Labute approximate surface area is 130 Å². The van der Waals surface area contributed by atoms with E-state index in [0.717, 1.165) is 18.4 Å². The molecule has 0 bridgehead atoms. The summed E-state index contributed by atoms with van der Waals surface area (Å²) in [4.78, 5) is 0. The van der Waals surface area contributed by atoms with Crippen LogP contribution in [-0.4, -0.2) is 27.0 Å². The smallest absolute Gasteiger partial charge is 0.157 e. The van der Waals surface area contributed by atoms with Crippen LogP contribution in [0.2, 0.25) is 0 Å². The molecule has 2 aromatic carbocycles. The normalized spacial score (nSPS) is 11.7. The van der Waals surface area contributed by atoms with Crippen molar-refractivity contribution in [2.24, 2.45) is 0 Å². The molecule has 0 spiro atoms. The lowest BCUT2D eigenvalue weighted by molar-refractivity contribution is 0.281. The molecule has 120 valence electrons. The number of fused-ring (bicyclic) bond motifs is 1. The Morgan fingerprint density at radius 1 is 0.864 bits per heavy atom. The van der Waals surface area contributed by atoms with Crippen LogP contribution < -0.4 is 4.74 Å². The highest BCUT2D eigenvalue weighted by atomic mass is 16.5. The van der Waals surface area contributed by atoms with Gasteiger partial charge in [0.15, 0.2) is 11.5 Å². The van der Waals surface area contributed by atoms with Crippen molar-refractivity contribution in [2.75, 3.05) is 6.61 Å². The van der Waals surface area contributed by atoms with Gasteiger partial charge in [-0.15, -0.1) is 0 Å². The van der Waals surface area contributed by atoms with Crippen molar-refractivity contribution in [2.45, 2.75) is 26.7 Å². The van der Waals surface area contributed by atoms with Gasteiger partial charge >= 0.3 is 0 Å². The van der Waals surface area contributed by atoms with Gasteiger partial charge in [0.05, 0.1) is 6.61 Å². The molecule has 0 unspecified atom stereocenters. The minimum Gasteiger partial charge on any atom is -0.508 e. The van der Waals surface area contributed by atoms with Crippen molar-refractivity contribution < 1.29 is 25.2 Å². The van der Waals surface area contributed by atoms with Crippen LogP contribution in [0.4, 0.5) is 0 Å². The van der Waals surface area contributed by atoms with Crippen molar-refractivity contribution in [3.8, 4) is 28.7 Å². The average Bonchev–Trinajstić information content (AvgIpc) is 2.53. The topological polar surface area (TPSA) is 90.2 Å². The Kier molecular flexibility index (Phi) is 6.89. The SMILES string of the molecule is CC.Oc1cc(O)c2c(c1)OCCC2.Oc1ccccc1O. The molecule has 5 heteroatoms. The van der Waals surface area contributed by atoms with Gasteiger partial charge in [0.25, 0.3) is 0 Å². The number of phenolic OH excluding ortho intramolecular Hbond substituents is 4. The first kappa shape index (κ1) is 17.5. The molecule has 1 heterocycles. The molecule has 0 amide bonds. The predicted octanol–water partition coefficient (Wildman–Crippen LogP) is 3.55. The number of rotatable bonds is 0. The second-order valence-corrected chi connectivity index (χ2v) is 4.38. The third-order valence-electron chi connectivity index (χ3n) is 2.88. The molecule has 1 aliphatic rings. The van der Waals surface area contributed by atoms with Crippen molar-refractivity contribution in [3.63, 3.8) is 0 Å². The maximum Gasteiger partial charge on any atom is 0.157 e. The third-order valence-corrected chi connectivity index (χ3v) is 2.88. The summed E-state index contributed by atoms with van der Waals surface area (Å²) in [6.45, 7) is 4.66. The van der Waals surface area contributed by atoms with Crippen LogP contribution in [0.1, 0.15) is 25.8 Å². The Morgan fingerprint density at radius 2 is 1.45 bits per heavy atom. The minimum absolute atomic E-state index is 0.0492. The van der Waals surface area contributed by atoms with Crippen LogP contribution in [0.5, 0.6) is 28.7 Å². The van der Waals surface area contributed by atoms with Crippen molar-refractivity contribution in [1.82, 2.24) is 0 Å². The van der Waals surface area contributed by atoms with Gasteiger partial charge in [-0.1, -0.05) is 26.0 Å².